The van der Waals surface area contributed by atoms with E-state index in [1.807, 2.05) is 84.9 Å². The van der Waals surface area contributed by atoms with Crippen LogP contribution >= 0.6 is 0 Å². The first-order valence-corrected chi connectivity index (χ1v) is 19.2. The average Bonchev–Trinajstić information content (AvgIpc) is 3.67. The van der Waals surface area contributed by atoms with E-state index in [0.29, 0.717) is 29.5 Å². The van der Waals surface area contributed by atoms with Gasteiger partial charge in [-0.1, -0.05) is 111 Å². The van der Waals surface area contributed by atoms with Crippen molar-refractivity contribution in [2.75, 3.05) is 7.11 Å². The summed E-state index contributed by atoms with van der Waals surface area (Å²) in [6, 6.07) is 32.4. The van der Waals surface area contributed by atoms with Crippen molar-refractivity contribution in [3.8, 4) is 22.6 Å². The zero-order valence-electron chi connectivity index (χ0n) is 33.1. The van der Waals surface area contributed by atoms with Crippen LogP contribution in [0.3, 0.4) is 0 Å². The SMILES string of the molecule is COC(=O)[C@H](Cc1ccc(-c2ccccc2)cc1)NC(=O)c1cc2ccc(Oc3ccc(C(C)(C)C)cc3)cc2c(CC2CCCC2)[n+]1C(=O)OC(C)(C)C. The summed E-state index contributed by atoms with van der Waals surface area (Å²) < 4.78 is 18.9. The summed E-state index contributed by atoms with van der Waals surface area (Å²) >= 11 is 0. The Labute approximate surface area is 324 Å². The predicted molar refractivity (Wildman–Crippen MR) is 216 cm³/mol. The Kier molecular flexibility index (Phi) is 11.7. The van der Waals surface area contributed by atoms with E-state index < -0.39 is 29.6 Å². The molecule has 0 unspecified atom stereocenters. The highest BCUT2D eigenvalue weighted by atomic mass is 16.6. The number of benzene rings is 4. The highest BCUT2D eigenvalue weighted by molar-refractivity contribution is 5.98. The lowest BCUT2D eigenvalue weighted by Crippen LogP contribution is -2.56. The number of hydrogen-bond donors (Lipinski definition) is 1. The zero-order valence-corrected chi connectivity index (χ0v) is 33.1. The van der Waals surface area contributed by atoms with Gasteiger partial charge >= 0.3 is 18.0 Å². The fraction of sp³-hybridized carbons (Fsp3) is 0.362. The van der Waals surface area contributed by atoms with Gasteiger partial charge in [-0.25, -0.2) is 4.79 Å². The number of carbonyl (C=O) groups excluding carboxylic acids is 3. The standard InChI is InChI=1S/C47H52N2O6/c1-46(2,3)36-22-25-37(26-23-36)54-38-24-21-35-29-42(49(45(52)55-47(4,5)6)41(39(35)30-38)28-31-13-11-12-14-31)43(50)48-40(44(51)53-7)27-32-17-19-34(20-18-32)33-15-9-8-10-16-33/h8-10,15-26,29-31,40H,11-14,27-28H2,1-7H3/p+1/t40-/m0/s1. The maximum atomic E-state index is 14.5. The summed E-state index contributed by atoms with van der Waals surface area (Å²) in [4.78, 5) is 41.9. The van der Waals surface area contributed by atoms with Gasteiger partial charge in [0.05, 0.1) is 12.5 Å². The maximum absolute atomic E-state index is 14.5. The van der Waals surface area contributed by atoms with Gasteiger partial charge in [0.15, 0.2) is 0 Å². The number of carbonyl (C=O) groups is 3. The van der Waals surface area contributed by atoms with Crippen LogP contribution in [0.4, 0.5) is 4.79 Å². The van der Waals surface area contributed by atoms with Crippen molar-refractivity contribution in [3.63, 3.8) is 0 Å². The highest BCUT2D eigenvalue weighted by Crippen LogP contribution is 2.33. The molecule has 5 aromatic rings. The van der Waals surface area contributed by atoms with E-state index in [-0.39, 0.29) is 17.5 Å². The normalized spacial score (nSPS) is 14.0. The molecule has 1 aliphatic carbocycles. The monoisotopic (exact) mass is 741 g/mol. The summed E-state index contributed by atoms with van der Waals surface area (Å²) in [6.45, 7) is 11.9. The summed E-state index contributed by atoms with van der Waals surface area (Å²) in [6.07, 6.45) is 4.37. The second-order valence-electron chi connectivity index (χ2n) is 16.6. The summed E-state index contributed by atoms with van der Waals surface area (Å²) in [5.74, 6) is 0.459. The number of nitrogens with zero attached hydrogens (tertiary/aromatic N) is 1. The van der Waals surface area contributed by atoms with E-state index in [2.05, 4.69) is 38.2 Å². The lowest BCUT2D eigenvalue weighted by atomic mass is 9.87. The van der Waals surface area contributed by atoms with Gasteiger partial charge in [-0.3, -0.25) is 4.79 Å². The van der Waals surface area contributed by atoms with Crippen LogP contribution in [0, 0.1) is 5.92 Å². The Morgan fingerprint density at radius 3 is 2.04 bits per heavy atom. The van der Waals surface area contributed by atoms with E-state index in [9.17, 15) is 14.4 Å². The second-order valence-corrected chi connectivity index (χ2v) is 16.6. The van der Waals surface area contributed by atoms with Crippen LogP contribution in [0.2, 0.25) is 0 Å². The molecule has 55 heavy (non-hydrogen) atoms. The van der Waals surface area contributed by atoms with Gasteiger partial charge in [0.2, 0.25) is 5.69 Å². The van der Waals surface area contributed by atoms with E-state index in [4.69, 9.17) is 14.2 Å². The molecule has 6 rings (SSSR count). The number of hydrogen-bond acceptors (Lipinski definition) is 6. The number of rotatable bonds is 10. The molecular weight excluding hydrogens is 689 g/mol. The maximum Gasteiger partial charge on any atom is 0.603 e. The number of esters is 1. The Morgan fingerprint density at radius 2 is 1.42 bits per heavy atom. The van der Waals surface area contributed by atoms with E-state index in [0.717, 1.165) is 53.1 Å². The molecule has 0 bridgehead atoms. The van der Waals surface area contributed by atoms with Gasteiger partial charge < -0.3 is 19.5 Å². The number of nitrogens with one attached hydrogen (secondary N) is 1. The summed E-state index contributed by atoms with van der Waals surface area (Å²) in [5.41, 5.74) is 4.10. The molecule has 0 radical (unpaired) electrons. The average molecular weight is 742 g/mol. The van der Waals surface area contributed by atoms with Crippen molar-refractivity contribution >= 4 is 28.7 Å². The van der Waals surface area contributed by atoms with Crippen molar-refractivity contribution < 1.29 is 33.2 Å². The third-order valence-corrected chi connectivity index (χ3v) is 10.2. The van der Waals surface area contributed by atoms with Gasteiger partial charge in [-0.15, -0.1) is 0 Å². The van der Waals surface area contributed by atoms with Crippen molar-refractivity contribution in [3.05, 3.63) is 126 Å². The summed E-state index contributed by atoms with van der Waals surface area (Å²) in [7, 11) is 1.30. The molecule has 0 saturated heterocycles. The van der Waals surface area contributed by atoms with Gasteiger partial charge in [-0.2, -0.15) is 4.79 Å². The number of fused-ring (bicyclic) bond motifs is 1. The van der Waals surface area contributed by atoms with Crippen molar-refractivity contribution in [2.45, 2.75) is 97.1 Å². The first-order valence-electron chi connectivity index (χ1n) is 19.2. The Bertz CT molecular complexity index is 2140. The van der Waals surface area contributed by atoms with Crippen molar-refractivity contribution in [1.29, 1.82) is 0 Å². The van der Waals surface area contributed by atoms with Crippen LogP contribution in [-0.2, 0) is 32.5 Å². The fourth-order valence-electron chi connectivity index (χ4n) is 7.25. The largest absolute Gasteiger partial charge is 0.603 e. The van der Waals surface area contributed by atoms with Gasteiger partial charge in [0, 0.05) is 18.9 Å². The lowest BCUT2D eigenvalue weighted by molar-refractivity contribution is -0.597. The molecule has 1 N–H and O–H groups in total. The predicted octanol–water partition coefficient (Wildman–Crippen LogP) is 9.91. The Hall–Kier alpha value is -5.50. The molecule has 1 saturated carbocycles. The third-order valence-electron chi connectivity index (χ3n) is 10.2. The first kappa shape index (κ1) is 39.2. The molecule has 1 fully saturated rings. The molecule has 8 heteroatoms. The highest BCUT2D eigenvalue weighted by Gasteiger charge is 2.38. The molecular formula is C47H53N2O6+. The lowest BCUT2D eigenvalue weighted by Gasteiger charge is -2.20. The molecule has 0 spiro atoms. The van der Waals surface area contributed by atoms with Crippen LogP contribution in [-0.4, -0.2) is 36.7 Å². The minimum Gasteiger partial charge on any atom is -0.467 e. The minimum absolute atomic E-state index is 0.0148. The molecule has 1 atom stereocenters. The number of aromatic nitrogens is 1. The van der Waals surface area contributed by atoms with Gasteiger partial charge in [-0.05, 0) is 96.9 Å². The van der Waals surface area contributed by atoms with Crippen LogP contribution < -0.4 is 14.6 Å². The molecule has 0 aliphatic heterocycles. The molecule has 1 aromatic heterocycles. The van der Waals surface area contributed by atoms with Crippen molar-refractivity contribution in [1.82, 2.24) is 5.32 Å². The van der Waals surface area contributed by atoms with Crippen molar-refractivity contribution in [2.24, 2.45) is 5.92 Å². The molecule has 1 heterocycles. The molecule has 4 aromatic carbocycles. The number of amides is 1. The molecule has 8 nitrogen and oxygen atoms in total. The smallest absolute Gasteiger partial charge is 0.467 e. The fourth-order valence-corrected chi connectivity index (χ4v) is 7.25. The van der Waals surface area contributed by atoms with Gasteiger partial charge in [0.25, 0.3) is 5.69 Å². The molecule has 1 amide bonds. The molecule has 286 valence electrons. The van der Waals surface area contributed by atoms with Gasteiger partial charge in [0.1, 0.15) is 23.1 Å². The van der Waals surface area contributed by atoms with E-state index in [1.165, 1.54) is 17.2 Å². The summed E-state index contributed by atoms with van der Waals surface area (Å²) in [5, 5.41) is 4.47. The number of ether oxygens (including phenoxy) is 3. The first-order chi connectivity index (χ1) is 26.2. The topological polar surface area (TPSA) is 94.8 Å². The van der Waals surface area contributed by atoms with E-state index in [1.54, 1.807) is 26.8 Å². The quantitative estimate of drug-likeness (QED) is 0.113. The van der Waals surface area contributed by atoms with Crippen LogP contribution in [0.5, 0.6) is 11.5 Å². The third kappa shape index (κ3) is 9.79. The van der Waals surface area contributed by atoms with Crippen LogP contribution in [0.1, 0.15) is 94.5 Å². The van der Waals surface area contributed by atoms with Crippen LogP contribution in [0.25, 0.3) is 21.9 Å². The Balaban J connectivity index is 1.39. The number of methoxy groups -OCH3 is 1. The molecule has 1 aliphatic rings. The van der Waals surface area contributed by atoms with E-state index >= 15 is 0 Å². The minimum atomic E-state index is -1.01. The zero-order chi connectivity index (χ0) is 39.3. The second kappa shape index (κ2) is 16.5. The van der Waals surface area contributed by atoms with Crippen LogP contribution in [0.15, 0.2) is 103 Å². The number of pyridine rings is 1. The Morgan fingerprint density at radius 1 is 0.782 bits per heavy atom.